The normalized spacial score (nSPS) is 33.8. The van der Waals surface area contributed by atoms with Crippen LogP contribution in [0.15, 0.2) is 22.7 Å². The number of rotatable bonds is 4. The number of aromatic nitrogens is 1. The Balaban J connectivity index is 1.81. The SMILES string of the molecule is O=P(O)(Oc1cc2c(Cl)c(Br)ccc2[nH]1)OC1[C@H](O)[C@H](O)C(O)[C@H](O)[C@H]1O. The van der Waals surface area contributed by atoms with E-state index in [4.69, 9.17) is 20.6 Å². The molecule has 7 N–H and O–H groups in total. The summed E-state index contributed by atoms with van der Waals surface area (Å²) < 4.78 is 22.5. The third-order valence-electron chi connectivity index (χ3n) is 4.21. The summed E-state index contributed by atoms with van der Waals surface area (Å²) >= 11 is 9.36. The average Bonchev–Trinajstić information content (AvgIpc) is 3.01. The van der Waals surface area contributed by atoms with Crippen LogP contribution in [-0.4, -0.2) is 72.0 Å². The van der Waals surface area contributed by atoms with Crippen LogP contribution < -0.4 is 4.52 Å². The molecule has 1 aliphatic carbocycles. The summed E-state index contributed by atoms with van der Waals surface area (Å²) in [5.74, 6) is -0.184. The molecule has 0 spiro atoms. The van der Waals surface area contributed by atoms with Crippen molar-refractivity contribution >= 4 is 46.3 Å². The molecule has 0 bridgehead atoms. The lowest BCUT2D eigenvalue weighted by Gasteiger charge is -2.41. The number of H-pyrrole nitrogens is 1. The highest BCUT2D eigenvalue weighted by molar-refractivity contribution is 9.10. The molecule has 2 aromatic rings. The van der Waals surface area contributed by atoms with E-state index < -0.39 is 44.4 Å². The molecule has 0 aliphatic heterocycles. The summed E-state index contributed by atoms with van der Waals surface area (Å²) in [4.78, 5) is 12.6. The summed E-state index contributed by atoms with van der Waals surface area (Å²) in [6.45, 7) is 0. The van der Waals surface area contributed by atoms with Gasteiger partial charge in [0.15, 0.2) is 0 Å². The molecular weight excluding hydrogens is 472 g/mol. The van der Waals surface area contributed by atoms with Gasteiger partial charge >= 0.3 is 7.82 Å². The second-order valence-corrected chi connectivity index (χ2v) is 8.60. The van der Waals surface area contributed by atoms with E-state index in [0.29, 0.717) is 20.4 Å². The average molecular weight is 489 g/mol. The molecule has 3 rings (SSSR count). The first-order valence-electron chi connectivity index (χ1n) is 7.59. The number of aromatic amines is 1. The monoisotopic (exact) mass is 487 g/mol. The Morgan fingerprint density at radius 3 is 2.19 bits per heavy atom. The second kappa shape index (κ2) is 7.60. The van der Waals surface area contributed by atoms with Crippen molar-refractivity contribution in [2.24, 2.45) is 0 Å². The fourth-order valence-corrected chi connectivity index (χ4v) is 4.30. The summed E-state index contributed by atoms with van der Waals surface area (Å²) in [6, 6.07) is 4.64. The van der Waals surface area contributed by atoms with Gasteiger partial charge in [0, 0.05) is 21.4 Å². The predicted octanol–water partition coefficient (Wildman–Crippen LogP) is 0.266. The fraction of sp³-hybridized carbons (Fsp3) is 0.429. The predicted molar refractivity (Wildman–Crippen MR) is 96.4 cm³/mol. The van der Waals surface area contributed by atoms with Crippen LogP contribution in [0.4, 0.5) is 0 Å². The summed E-state index contributed by atoms with van der Waals surface area (Å²) in [6.07, 6.45) is -11.5. The van der Waals surface area contributed by atoms with Gasteiger partial charge in [0.25, 0.3) is 0 Å². The van der Waals surface area contributed by atoms with E-state index in [1.807, 2.05) is 0 Å². The number of halogens is 2. The quantitative estimate of drug-likeness (QED) is 0.298. The van der Waals surface area contributed by atoms with E-state index in [1.165, 1.54) is 6.07 Å². The molecule has 1 aromatic heterocycles. The minimum Gasteiger partial charge on any atom is -0.388 e. The lowest BCUT2D eigenvalue weighted by atomic mass is 9.85. The van der Waals surface area contributed by atoms with Crippen LogP contribution in [0.3, 0.4) is 0 Å². The standard InChI is InChI=1S/C14H16BrClNO9P/c15-5-1-2-6-4(8(5)16)3-7(17-6)25-27(23,24)26-14-12(21)10(19)9(18)11(20)13(14)22/h1-3,9-14,17-22H,(H,23,24)/t9?,10-,11+,12-,13-,14?/m1/s1. The molecule has 10 nitrogen and oxygen atoms in total. The molecular formula is C14H16BrClNO9P. The second-order valence-electron chi connectivity index (χ2n) is 6.04. The summed E-state index contributed by atoms with van der Waals surface area (Å²) in [5, 5.41) is 49.4. The van der Waals surface area contributed by atoms with Gasteiger partial charge in [0.1, 0.15) is 36.6 Å². The maximum atomic E-state index is 12.3. The maximum Gasteiger partial charge on any atom is 0.529 e. The largest absolute Gasteiger partial charge is 0.529 e. The summed E-state index contributed by atoms with van der Waals surface area (Å²) in [7, 11) is -4.92. The van der Waals surface area contributed by atoms with Gasteiger partial charge in [-0.05, 0) is 28.1 Å². The Morgan fingerprint density at radius 1 is 1.04 bits per heavy atom. The number of hydrogen-bond acceptors (Lipinski definition) is 8. The highest BCUT2D eigenvalue weighted by atomic mass is 79.9. The van der Waals surface area contributed by atoms with Crippen molar-refractivity contribution in [3.63, 3.8) is 0 Å². The topological polar surface area (TPSA) is 173 Å². The van der Waals surface area contributed by atoms with Crippen molar-refractivity contribution in [3.05, 3.63) is 27.7 Å². The number of fused-ring (bicyclic) bond motifs is 1. The van der Waals surface area contributed by atoms with E-state index in [0.717, 1.165) is 0 Å². The first kappa shape index (κ1) is 21.0. The van der Waals surface area contributed by atoms with Gasteiger partial charge in [-0.2, -0.15) is 0 Å². The van der Waals surface area contributed by atoms with Crippen LogP contribution in [0.2, 0.25) is 5.02 Å². The van der Waals surface area contributed by atoms with Crippen LogP contribution in [0.1, 0.15) is 0 Å². The molecule has 150 valence electrons. The molecule has 1 saturated carbocycles. The van der Waals surface area contributed by atoms with Crippen LogP contribution in [0.25, 0.3) is 10.9 Å². The van der Waals surface area contributed by atoms with Crippen molar-refractivity contribution in [2.75, 3.05) is 0 Å². The Morgan fingerprint density at radius 2 is 1.59 bits per heavy atom. The van der Waals surface area contributed by atoms with Crippen molar-refractivity contribution in [2.45, 2.75) is 36.6 Å². The minimum absolute atomic E-state index is 0.184. The van der Waals surface area contributed by atoms with E-state index >= 15 is 0 Å². The number of aliphatic hydroxyl groups excluding tert-OH is 5. The highest BCUT2D eigenvalue weighted by Gasteiger charge is 2.51. The number of nitrogens with one attached hydrogen (secondary N) is 1. The fourth-order valence-electron chi connectivity index (χ4n) is 2.79. The number of hydrogen-bond donors (Lipinski definition) is 7. The first-order valence-corrected chi connectivity index (χ1v) is 10.3. The smallest absolute Gasteiger partial charge is 0.388 e. The molecule has 7 atom stereocenters. The molecule has 0 amide bonds. The van der Waals surface area contributed by atoms with E-state index in [2.05, 4.69) is 20.9 Å². The molecule has 1 aliphatic rings. The van der Waals surface area contributed by atoms with E-state index in [9.17, 15) is 35.0 Å². The molecule has 0 saturated heterocycles. The Labute approximate surface area is 165 Å². The zero-order valence-electron chi connectivity index (χ0n) is 13.3. The summed E-state index contributed by atoms with van der Waals surface area (Å²) in [5.41, 5.74) is 0.505. The van der Waals surface area contributed by atoms with Crippen LogP contribution in [-0.2, 0) is 9.09 Å². The number of phosphoric ester groups is 1. The molecule has 3 unspecified atom stereocenters. The Hall–Kier alpha value is -0.720. The van der Waals surface area contributed by atoms with Crippen molar-refractivity contribution in [1.82, 2.24) is 4.98 Å². The number of benzene rings is 1. The third kappa shape index (κ3) is 4.03. The van der Waals surface area contributed by atoms with E-state index in [1.54, 1.807) is 12.1 Å². The molecule has 1 fully saturated rings. The van der Waals surface area contributed by atoms with E-state index in [-0.39, 0.29) is 5.88 Å². The Bertz CT molecular complexity index is 879. The first-order chi connectivity index (χ1) is 12.5. The van der Waals surface area contributed by atoms with Gasteiger partial charge in [-0.1, -0.05) is 11.6 Å². The third-order valence-corrected chi connectivity index (χ3v) is 6.44. The molecule has 13 heteroatoms. The molecule has 0 radical (unpaired) electrons. The maximum absolute atomic E-state index is 12.3. The van der Waals surface area contributed by atoms with Crippen molar-refractivity contribution in [1.29, 1.82) is 0 Å². The van der Waals surface area contributed by atoms with Gasteiger partial charge in [0.2, 0.25) is 5.88 Å². The zero-order valence-corrected chi connectivity index (χ0v) is 16.5. The highest BCUT2D eigenvalue weighted by Crippen LogP contribution is 2.48. The van der Waals surface area contributed by atoms with Crippen LogP contribution in [0.5, 0.6) is 5.88 Å². The molecule has 27 heavy (non-hydrogen) atoms. The number of phosphoric acid groups is 1. The molecule has 1 heterocycles. The Kier molecular flexibility index (Phi) is 5.91. The van der Waals surface area contributed by atoms with Gasteiger partial charge in [-0.25, -0.2) is 4.57 Å². The van der Waals surface area contributed by atoms with Gasteiger partial charge in [-0.3, -0.25) is 9.42 Å². The lowest BCUT2D eigenvalue weighted by Crippen LogP contribution is -2.64. The molecule has 1 aromatic carbocycles. The number of aliphatic hydroxyl groups is 5. The van der Waals surface area contributed by atoms with Crippen LogP contribution in [0, 0.1) is 0 Å². The van der Waals surface area contributed by atoms with Crippen molar-refractivity contribution < 1.29 is 44.0 Å². The minimum atomic E-state index is -4.92. The van der Waals surface area contributed by atoms with Gasteiger partial charge in [-0.15, -0.1) is 0 Å². The van der Waals surface area contributed by atoms with Gasteiger partial charge in [0.05, 0.1) is 5.02 Å². The lowest BCUT2D eigenvalue weighted by molar-refractivity contribution is -0.219. The van der Waals surface area contributed by atoms with Crippen molar-refractivity contribution in [3.8, 4) is 5.88 Å². The van der Waals surface area contributed by atoms with Gasteiger partial charge < -0.3 is 35.0 Å². The zero-order chi connectivity index (χ0) is 20.1. The van der Waals surface area contributed by atoms with Crippen LogP contribution >= 0.6 is 35.4 Å².